The van der Waals surface area contributed by atoms with Gasteiger partial charge in [0.1, 0.15) is 17.7 Å². The molecule has 1 unspecified atom stereocenters. The summed E-state index contributed by atoms with van der Waals surface area (Å²) < 4.78 is 7.91. The summed E-state index contributed by atoms with van der Waals surface area (Å²) in [6, 6.07) is 16.1. The Morgan fingerprint density at radius 1 is 1.12 bits per heavy atom. The summed E-state index contributed by atoms with van der Waals surface area (Å²) >= 11 is 0. The van der Waals surface area contributed by atoms with Crippen LogP contribution in [0.2, 0.25) is 0 Å². The summed E-state index contributed by atoms with van der Waals surface area (Å²) in [6.07, 6.45) is 0.983. The molecule has 0 saturated carbocycles. The van der Waals surface area contributed by atoms with Crippen LogP contribution in [0.1, 0.15) is 37.3 Å². The van der Waals surface area contributed by atoms with Gasteiger partial charge in [-0.2, -0.15) is 0 Å². The van der Waals surface area contributed by atoms with Crippen molar-refractivity contribution in [1.82, 2.24) is 9.55 Å². The second kappa shape index (κ2) is 7.49. The molecule has 1 aromatic heterocycles. The summed E-state index contributed by atoms with van der Waals surface area (Å²) in [5.74, 6) is 1.64. The number of aliphatic hydroxyl groups excluding tert-OH is 1. The number of fused-ring (bicyclic) bond motifs is 1. The average Bonchev–Trinajstić information content (AvgIpc) is 2.98. The second-order valence-electron chi connectivity index (χ2n) is 6.05. The molecule has 3 rings (SSSR count). The van der Waals surface area contributed by atoms with Crippen molar-refractivity contribution in [2.45, 2.75) is 39.3 Å². The van der Waals surface area contributed by atoms with Crippen LogP contribution < -0.4 is 4.74 Å². The van der Waals surface area contributed by atoms with Crippen LogP contribution in [0.4, 0.5) is 0 Å². The molecule has 1 atom stereocenters. The third kappa shape index (κ3) is 3.60. The van der Waals surface area contributed by atoms with Gasteiger partial charge in [0.2, 0.25) is 0 Å². The molecule has 0 amide bonds. The van der Waals surface area contributed by atoms with Crippen LogP contribution in [0, 0.1) is 6.92 Å². The van der Waals surface area contributed by atoms with Gasteiger partial charge in [0, 0.05) is 6.54 Å². The maximum absolute atomic E-state index is 10.3. The number of benzene rings is 2. The minimum Gasteiger partial charge on any atom is -0.494 e. The Kier molecular flexibility index (Phi) is 5.16. The predicted octanol–water partition coefficient (Wildman–Crippen LogP) is 4.26. The number of aliphatic hydroxyl groups is 1. The number of para-hydroxylation sites is 2. The zero-order valence-corrected chi connectivity index (χ0v) is 14.3. The van der Waals surface area contributed by atoms with Gasteiger partial charge >= 0.3 is 0 Å². The Hall–Kier alpha value is -2.33. The van der Waals surface area contributed by atoms with Crippen molar-refractivity contribution in [3.05, 3.63) is 59.9 Å². The van der Waals surface area contributed by atoms with E-state index in [4.69, 9.17) is 4.74 Å². The molecule has 0 aliphatic carbocycles. The minimum atomic E-state index is -0.532. The zero-order valence-electron chi connectivity index (χ0n) is 14.3. The number of aryl methyl sites for hydroxylation is 2. The largest absolute Gasteiger partial charge is 0.494 e. The van der Waals surface area contributed by atoms with E-state index in [-0.39, 0.29) is 0 Å². The van der Waals surface area contributed by atoms with E-state index in [0.29, 0.717) is 13.0 Å². The molecule has 2 aromatic carbocycles. The molecular formula is C20H24N2O2. The highest BCUT2D eigenvalue weighted by molar-refractivity contribution is 5.76. The van der Waals surface area contributed by atoms with Crippen molar-refractivity contribution in [2.24, 2.45) is 0 Å². The second-order valence-corrected chi connectivity index (χ2v) is 6.05. The summed E-state index contributed by atoms with van der Waals surface area (Å²) in [4.78, 5) is 4.60. The van der Waals surface area contributed by atoms with Gasteiger partial charge in [-0.05, 0) is 44.0 Å². The maximum atomic E-state index is 10.3. The minimum absolute atomic E-state index is 0.532. The Labute approximate surface area is 142 Å². The molecule has 126 valence electrons. The molecule has 0 fully saturated rings. The number of ether oxygens (including phenoxy) is 1. The van der Waals surface area contributed by atoms with Gasteiger partial charge in [-0.25, -0.2) is 4.98 Å². The molecule has 24 heavy (non-hydrogen) atoms. The molecule has 4 heteroatoms. The standard InChI is InChI=1S/C20H24N2O2/c1-3-19(23)20-21-17-7-4-5-8-18(17)22(20)13-6-14-24-16-11-9-15(2)10-12-16/h4-5,7-12,19,23H,3,6,13-14H2,1-2H3. The van der Waals surface area contributed by atoms with E-state index in [2.05, 4.69) is 34.7 Å². The van der Waals surface area contributed by atoms with E-state index in [9.17, 15) is 5.11 Å². The van der Waals surface area contributed by atoms with Gasteiger partial charge in [0.15, 0.2) is 0 Å². The first kappa shape index (κ1) is 16.5. The lowest BCUT2D eigenvalue weighted by molar-refractivity contribution is 0.158. The molecule has 1 heterocycles. The van der Waals surface area contributed by atoms with E-state index in [1.165, 1.54) is 5.56 Å². The van der Waals surface area contributed by atoms with Crippen LogP contribution in [0.5, 0.6) is 5.75 Å². The summed E-state index contributed by atoms with van der Waals surface area (Å²) in [7, 11) is 0. The van der Waals surface area contributed by atoms with Gasteiger partial charge < -0.3 is 14.4 Å². The number of nitrogens with zero attached hydrogens (tertiary/aromatic N) is 2. The van der Waals surface area contributed by atoms with Crippen molar-refractivity contribution < 1.29 is 9.84 Å². The topological polar surface area (TPSA) is 47.3 Å². The van der Waals surface area contributed by atoms with Crippen LogP contribution in [0.15, 0.2) is 48.5 Å². The van der Waals surface area contributed by atoms with Crippen LogP contribution in [-0.4, -0.2) is 21.3 Å². The van der Waals surface area contributed by atoms with Crippen molar-refractivity contribution in [1.29, 1.82) is 0 Å². The monoisotopic (exact) mass is 324 g/mol. The fourth-order valence-corrected chi connectivity index (χ4v) is 2.81. The quantitative estimate of drug-likeness (QED) is 0.661. The average molecular weight is 324 g/mol. The Morgan fingerprint density at radius 2 is 1.88 bits per heavy atom. The summed E-state index contributed by atoms with van der Waals surface area (Å²) in [5.41, 5.74) is 3.22. The van der Waals surface area contributed by atoms with Crippen molar-refractivity contribution in [3.63, 3.8) is 0 Å². The number of imidazole rings is 1. The fraction of sp³-hybridized carbons (Fsp3) is 0.350. The molecule has 0 radical (unpaired) electrons. The lowest BCUT2D eigenvalue weighted by atomic mass is 10.2. The van der Waals surface area contributed by atoms with Gasteiger partial charge in [-0.15, -0.1) is 0 Å². The van der Waals surface area contributed by atoms with Gasteiger partial charge in [0.05, 0.1) is 17.6 Å². The summed E-state index contributed by atoms with van der Waals surface area (Å²) in [6.45, 7) is 5.44. The third-order valence-corrected chi connectivity index (χ3v) is 4.18. The SMILES string of the molecule is CCC(O)c1nc2ccccc2n1CCCOc1ccc(C)cc1. The Balaban J connectivity index is 1.68. The van der Waals surface area contributed by atoms with Crippen molar-refractivity contribution >= 4 is 11.0 Å². The molecule has 0 spiro atoms. The zero-order chi connectivity index (χ0) is 16.9. The van der Waals surface area contributed by atoms with Crippen molar-refractivity contribution in [3.8, 4) is 5.75 Å². The smallest absolute Gasteiger partial charge is 0.138 e. The van der Waals surface area contributed by atoms with E-state index < -0.39 is 6.10 Å². The third-order valence-electron chi connectivity index (χ3n) is 4.18. The van der Waals surface area contributed by atoms with Gasteiger partial charge in [0.25, 0.3) is 0 Å². The number of aromatic nitrogens is 2. The molecule has 0 saturated heterocycles. The van der Waals surface area contributed by atoms with Crippen molar-refractivity contribution in [2.75, 3.05) is 6.61 Å². The van der Waals surface area contributed by atoms with E-state index >= 15 is 0 Å². The van der Waals surface area contributed by atoms with Crippen LogP contribution in [0.25, 0.3) is 11.0 Å². The van der Waals surface area contributed by atoms with Gasteiger partial charge in [-0.1, -0.05) is 36.8 Å². The Morgan fingerprint density at radius 3 is 2.62 bits per heavy atom. The number of hydrogen-bond donors (Lipinski definition) is 1. The van der Waals surface area contributed by atoms with Crippen LogP contribution in [0.3, 0.4) is 0 Å². The fourth-order valence-electron chi connectivity index (χ4n) is 2.81. The highest BCUT2D eigenvalue weighted by Crippen LogP contribution is 2.23. The first-order chi connectivity index (χ1) is 11.7. The molecular weight excluding hydrogens is 300 g/mol. The maximum Gasteiger partial charge on any atom is 0.138 e. The molecule has 0 bridgehead atoms. The van der Waals surface area contributed by atoms with Crippen LogP contribution >= 0.6 is 0 Å². The highest BCUT2D eigenvalue weighted by atomic mass is 16.5. The van der Waals surface area contributed by atoms with Gasteiger partial charge in [-0.3, -0.25) is 0 Å². The molecule has 0 aliphatic rings. The molecule has 1 N–H and O–H groups in total. The number of rotatable bonds is 7. The first-order valence-electron chi connectivity index (χ1n) is 8.51. The molecule has 3 aromatic rings. The normalized spacial score (nSPS) is 12.5. The summed E-state index contributed by atoms with van der Waals surface area (Å²) in [5, 5.41) is 10.3. The van der Waals surface area contributed by atoms with Crippen LogP contribution in [-0.2, 0) is 6.54 Å². The number of hydrogen-bond acceptors (Lipinski definition) is 3. The first-order valence-corrected chi connectivity index (χ1v) is 8.51. The molecule has 0 aliphatic heterocycles. The predicted molar refractivity (Wildman–Crippen MR) is 96.3 cm³/mol. The highest BCUT2D eigenvalue weighted by Gasteiger charge is 2.16. The van der Waals surface area contributed by atoms with E-state index in [0.717, 1.165) is 35.6 Å². The van der Waals surface area contributed by atoms with E-state index in [1.807, 2.05) is 37.3 Å². The molecule has 4 nitrogen and oxygen atoms in total. The van der Waals surface area contributed by atoms with E-state index in [1.54, 1.807) is 0 Å². The lowest BCUT2D eigenvalue weighted by Gasteiger charge is -2.13. The Bertz CT molecular complexity index is 793. The lowest BCUT2D eigenvalue weighted by Crippen LogP contribution is -2.11.